The molecule has 21 heavy (non-hydrogen) atoms. The van der Waals surface area contributed by atoms with Crippen molar-refractivity contribution in [3.63, 3.8) is 0 Å². The number of aliphatic hydroxyl groups is 1. The highest BCUT2D eigenvalue weighted by atomic mass is 35.5. The number of aromatic hydroxyl groups is 1. The third-order valence-corrected chi connectivity index (χ3v) is 3.97. The van der Waals surface area contributed by atoms with Gasteiger partial charge < -0.3 is 15.1 Å². The third kappa shape index (κ3) is 2.48. The van der Waals surface area contributed by atoms with Crippen LogP contribution in [0.25, 0.3) is 0 Å². The molecule has 0 saturated carbocycles. The van der Waals surface area contributed by atoms with Crippen molar-refractivity contribution in [3.05, 3.63) is 58.6 Å². The van der Waals surface area contributed by atoms with E-state index in [1.54, 1.807) is 11.0 Å². The van der Waals surface area contributed by atoms with Gasteiger partial charge in [-0.15, -0.1) is 0 Å². The predicted molar refractivity (Wildman–Crippen MR) is 80.8 cm³/mol. The van der Waals surface area contributed by atoms with Gasteiger partial charge in [-0.3, -0.25) is 4.79 Å². The lowest BCUT2D eigenvalue weighted by atomic mass is 9.98. The first-order valence-corrected chi connectivity index (χ1v) is 7.03. The van der Waals surface area contributed by atoms with E-state index in [9.17, 15) is 15.0 Å². The molecule has 0 fully saturated rings. The average molecular weight is 304 g/mol. The molecule has 5 heteroatoms. The highest BCUT2D eigenvalue weighted by Gasteiger charge is 2.28. The van der Waals surface area contributed by atoms with Crippen molar-refractivity contribution in [3.8, 4) is 5.75 Å². The first kappa shape index (κ1) is 13.9. The van der Waals surface area contributed by atoms with E-state index in [2.05, 4.69) is 0 Å². The number of hydrogen-bond donors (Lipinski definition) is 2. The summed E-state index contributed by atoms with van der Waals surface area (Å²) in [7, 11) is 0. The molecule has 1 aliphatic rings. The number of rotatable bonds is 1. The first-order chi connectivity index (χ1) is 10.1. The second-order valence-corrected chi connectivity index (χ2v) is 5.39. The highest BCUT2D eigenvalue weighted by Crippen LogP contribution is 2.35. The fraction of sp³-hybridized carbons (Fsp3) is 0.188. The second kappa shape index (κ2) is 5.39. The molecule has 1 amide bonds. The van der Waals surface area contributed by atoms with Gasteiger partial charge in [0, 0.05) is 17.8 Å². The summed E-state index contributed by atoms with van der Waals surface area (Å²) in [5, 5.41) is 19.9. The van der Waals surface area contributed by atoms with Crippen LogP contribution in [0.4, 0.5) is 5.69 Å². The Kier molecular flexibility index (Phi) is 3.57. The molecule has 1 aliphatic heterocycles. The Morgan fingerprint density at radius 1 is 1.24 bits per heavy atom. The summed E-state index contributed by atoms with van der Waals surface area (Å²) in [4.78, 5) is 14.3. The van der Waals surface area contributed by atoms with E-state index in [0.29, 0.717) is 23.7 Å². The molecule has 1 atom stereocenters. The number of halogens is 1. The zero-order valence-electron chi connectivity index (χ0n) is 11.2. The van der Waals surface area contributed by atoms with Crippen molar-refractivity contribution in [2.24, 2.45) is 0 Å². The Bertz CT molecular complexity index is 702. The Morgan fingerprint density at radius 3 is 2.81 bits per heavy atom. The molecular weight excluding hydrogens is 290 g/mol. The Hall–Kier alpha value is -2.04. The fourth-order valence-electron chi connectivity index (χ4n) is 2.58. The minimum Gasteiger partial charge on any atom is -0.508 e. The lowest BCUT2D eigenvalue weighted by Gasteiger charge is -2.32. The molecule has 2 aromatic carbocycles. The van der Waals surface area contributed by atoms with Crippen molar-refractivity contribution in [2.45, 2.75) is 12.5 Å². The number of amides is 1. The average Bonchev–Trinajstić information content (AvgIpc) is 2.50. The van der Waals surface area contributed by atoms with Gasteiger partial charge in [-0.1, -0.05) is 29.8 Å². The highest BCUT2D eigenvalue weighted by molar-refractivity contribution is 6.34. The predicted octanol–water partition coefficient (Wildman–Crippen LogP) is 3.13. The van der Waals surface area contributed by atoms with Crippen LogP contribution < -0.4 is 4.90 Å². The maximum absolute atomic E-state index is 12.7. The molecular formula is C16H14ClNO3. The van der Waals surface area contributed by atoms with E-state index >= 15 is 0 Å². The number of carbonyl (C=O) groups excluding carboxylic acids is 1. The summed E-state index contributed by atoms with van der Waals surface area (Å²) >= 11 is 6.06. The fourth-order valence-corrected chi connectivity index (χ4v) is 2.77. The number of carbonyl (C=O) groups is 1. The molecule has 4 nitrogen and oxygen atoms in total. The topological polar surface area (TPSA) is 60.8 Å². The molecule has 0 radical (unpaired) electrons. The summed E-state index contributed by atoms with van der Waals surface area (Å²) in [6, 6.07) is 11.6. The van der Waals surface area contributed by atoms with Crippen LogP contribution in [0.15, 0.2) is 42.5 Å². The van der Waals surface area contributed by atoms with Crippen molar-refractivity contribution >= 4 is 23.2 Å². The molecule has 108 valence electrons. The van der Waals surface area contributed by atoms with Gasteiger partial charge in [0.2, 0.25) is 0 Å². The number of anilines is 1. The Morgan fingerprint density at radius 2 is 2.00 bits per heavy atom. The maximum Gasteiger partial charge on any atom is 0.259 e. The molecule has 0 spiro atoms. The van der Waals surface area contributed by atoms with Crippen molar-refractivity contribution in [1.29, 1.82) is 0 Å². The quantitative estimate of drug-likeness (QED) is 0.851. The van der Waals surface area contributed by atoms with E-state index in [1.807, 2.05) is 18.2 Å². The van der Waals surface area contributed by atoms with Gasteiger partial charge in [-0.05, 0) is 30.7 Å². The smallest absolute Gasteiger partial charge is 0.259 e. The molecule has 3 rings (SSSR count). The number of phenolic OH excluding ortho intramolecular Hbond substituents is 1. The zero-order chi connectivity index (χ0) is 15.0. The third-order valence-electron chi connectivity index (χ3n) is 3.64. The molecule has 0 aliphatic carbocycles. The Labute approximate surface area is 127 Å². The van der Waals surface area contributed by atoms with Crippen LogP contribution in [0.5, 0.6) is 5.75 Å². The molecule has 1 heterocycles. The van der Waals surface area contributed by atoms with Gasteiger partial charge in [0.1, 0.15) is 5.75 Å². The summed E-state index contributed by atoms with van der Waals surface area (Å²) < 4.78 is 0. The summed E-state index contributed by atoms with van der Waals surface area (Å²) in [6.07, 6.45) is -0.0935. The summed E-state index contributed by atoms with van der Waals surface area (Å²) in [6.45, 7) is 0.406. The van der Waals surface area contributed by atoms with Gasteiger partial charge in [-0.2, -0.15) is 0 Å². The number of hydrogen-bond acceptors (Lipinski definition) is 3. The van der Waals surface area contributed by atoms with Crippen LogP contribution in [0, 0.1) is 0 Å². The monoisotopic (exact) mass is 303 g/mol. The maximum atomic E-state index is 12.7. The largest absolute Gasteiger partial charge is 0.508 e. The van der Waals surface area contributed by atoms with Crippen LogP contribution >= 0.6 is 11.6 Å². The number of nitrogens with zero attached hydrogens (tertiary/aromatic N) is 1. The number of phenols is 1. The van der Waals surface area contributed by atoms with Crippen LogP contribution in [0.3, 0.4) is 0 Å². The molecule has 2 N–H and O–H groups in total. The minimum atomic E-state index is -0.565. The first-order valence-electron chi connectivity index (χ1n) is 6.65. The van der Waals surface area contributed by atoms with Gasteiger partial charge in [-0.25, -0.2) is 0 Å². The lowest BCUT2D eigenvalue weighted by molar-refractivity contribution is 0.0970. The van der Waals surface area contributed by atoms with E-state index in [4.69, 9.17) is 11.6 Å². The van der Waals surface area contributed by atoms with Crippen LogP contribution in [-0.4, -0.2) is 22.7 Å². The van der Waals surface area contributed by atoms with E-state index < -0.39 is 6.10 Å². The summed E-state index contributed by atoms with van der Waals surface area (Å²) in [5.41, 5.74) is 1.66. The van der Waals surface area contributed by atoms with Crippen LogP contribution in [0.1, 0.15) is 28.4 Å². The molecule has 0 saturated heterocycles. The number of aliphatic hydroxyl groups excluding tert-OH is 1. The van der Waals surface area contributed by atoms with Gasteiger partial charge >= 0.3 is 0 Å². The van der Waals surface area contributed by atoms with E-state index in [-0.39, 0.29) is 17.2 Å². The van der Waals surface area contributed by atoms with Gasteiger partial charge in [0.25, 0.3) is 5.91 Å². The molecule has 1 unspecified atom stereocenters. The van der Waals surface area contributed by atoms with Gasteiger partial charge in [0.15, 0.2) is 0 Å². The lowest BCUT2D eigenvalue weighted by Crippen LogP contribution is -2.36. The van der Waals surface area contributed by atoms with Crippen molar-refractivity contribution < 1.29 is 15.0 Å². The molecule has 2 aromatic rings. The number of fused-ring (bicyclic) bond motifs is 1. The van der Waals surface area contributed by atoms with E-state index in [0.717, 1.165) is 5.56 Å². The molecule has 0 bridgehead atoms. The zero-order valence-corrected chi connectivity index (χ0v) is 11.9. The Balaban J connectivity index is 2.03. The summed E-state index contributed by atoms with van der Waals surface area (Å²) in [5.74, 6) is -0.289. The normalized spacial score (nSPS) is 17.4. The van der Waals surface area contributed by atoms with Crippen LogP contribution in [-0.2, 0) is 0 Å². The SMILES string of the molecule is O=C(c1cc(O)ccc1Cl)N1CCC(O)c2ccccc21. The van der Waals surface area contributed by atoms with Crippen LogP contribution in [0.2, 0.25) is 5.02 Å². The molecule has 0 aromatic heterocycles. The minimum absolute atomic E-state index is 0.00641. The van der Waals surface area contributed by atoms with Crippen molar-refractivity contribution in [2.75, 3.05) is 11.4 Å². The van der Waals surface area contributed by atoms with E-state index in [1.165, 1.54) is 18.2 Å². The van der Waals surface area contributed by atoms with Gasteiger partial charge in [0.05, 0.1) is 16.7 Å². The van der Waals surface area contributed by atoms with Crippen molar-refractivity contribution in [1.82, 2.24) is 0 Å². The second-order valence-electron chi connectivity index (χ2n) is 4.98. The number of benzene rings is 2. The standard InChI is InChI=1S/C16H14ClNO3/c17-13-6-5-10(19)9-12(13)16(21)18-8-7-15(20)11-3-1-2-4-14(11)18/h1-6,9,15,19-20H,7-8H2. The number of para-hydroxylation sites is 1.